The molecule has 0 aliphatic heterocycles. The molecular weight excluding hydrogens is 283 g/mol. The molecule has 0 saturated carbocycles. The molecule has 4 nitrogen and oxygen atoms in total. The van der Waals surface area contributed by atoms with Gasteiger partial charge in [0.05, 0.1) is 18.3 Å². The van der Waals surface area contributed by atoms with Crippen molar-refractivity contribution >= 4 is 5.91 Å². The van der Waals surface area contributed by atoms with Crippen molar-refractivity contribution in [3.63, 3.8) is 0 Å². The van der Waals surface area contributed by atoms with Gasteiger partial charge < -0.3 is 4.90 Å². The lowest BCUT2D eigenvalue weighted by atomic mass is 10.2. The normalized spacial score (nSPS) is 11.5. The van der Waals surface area contributed by atoms with E-state index in [4.69, 9.17) is 0 Å². The minimum atomic E-state index is -4.65. The molecular formula is C14H14F3N3O. The monoisotopic (exact) mass is 297 g/mol. The van der Waals surface area contributed by atoms with E-state index < -0.39 is 23.3 Å². The fourth-order valence-electron chi connectivity index (χ4n) is 1.96. The van der Waals surface area contributed by atoms with Crippen LogP contribution in [-0.2, 0) is 12.7 Å². The molecule has 0 fully saturated rings. The molecule has 0 unspecified atom stereocenters. The molecule has 1 heterocycles. The largest absolute Gasteiger partial charge is 0.433 e. The van der Waals surface area contributed by atoms with Crippen LogP contribution in [0.15, 0.2) is 36.5 Å². The van der Waals surface area contributed by atoms with Gasteiger partial charge in [0.1, 0.15) is 0 Å². The van der Waals surface area contributed by atoms with Gasteiger partial charge in [0.2, 0.25) is 0 Å². The number of amides is 1. The molecule has 0 aliphatic carbocycles. The Kier molecular flexibility index (Phi) is 4.02. The number of alkyl halides is 3. The third-order valence-corrected chi connectivity index (χ3v) is 2.92. The van der Waals surface area contributed by atoms with E-state index >= 15 is 0 Å². The number of rotatable bonds is 3. The van der Waals surface area contributed by atoms with Crippen LogP contribution in [0.4, 0.5) is 13.2 Å². The van der Waals surface area contributed by atoms with Crippen molar-refractivity contribution < 1.29 is 18.0 Å². The van der Waals surface area contributed by atoms with Gasteiger partial charge >= 0.3 is 6.18 Å². The van der Waals surface area contributed by atoms with Gasteiger partial charge in [-0.2, -0.15) is 18.3 Å². The molecule has 2 aromatic rings. The zero-order valence-electron chi connectivity index (χ0n) is 11.6. The van der Waals surface area contributed by atoms with Crippen LogP contribution in [0.2, 0.25) is 0 Å². The van der Waals surface area contributed by atoms with Crippen molar-refractivity contribution in [1.82, 2.24) is 14.7 Å². The summed E-state index contributed by atoms with van der Waals surface area (Å²) in [6, 6.07) is 8.65. The number of nitrogens with zero attached hydrogens (tertiary/aromatic N) is 3. The van der Waals surface area contributed by atoms with Crippen molar-refractivity contribution in [3.8, 4) is 0 Å². The summed E-state index contributed by atoms with van der Waals surface area (Å²) in [4.78, 5) is 12.9. The Bertz CT molecular complexity index is 633. The topological polar surface area (TPSA) is 38.1 Å². The van der Waals surface area contributed by atoms with Crippen LogP contribution in [0, 0.1) is 0 Å². The summed E-state index contributed by atoms with van der Waals surface area (Å²) >= 11 is 0. The van der Waals surface area contributed by atoms with E-state index in [2.05, 4.69) is 5.10 Å². The molecule has 1 aromatic carbocycles. The van der Waals surface area contributed by atoms with E-state index in [1.165, 1.54) is 14.1 Å². The molecule has 0 spiro atoms. The van der Waals surface area contributed by atoms with E-state index in [9.17, 15) is 18.0 Å². The predicted octanol–water partition coefficient (Wildman–Crippen LogP) is 2.65. The highest BCUT2D eigenvalue weighted by atomic mass is 19.4. The van der Waals surface area contributed by atoms with E-state index in [1.54, 1.807) is 30.3 Å². The standard InChI is InChI=1S/C14H14F3N3O/c1-19(2)13(21)11-8-18-20(12(11)14(15,16)17)9-10-6-4-3-5-7-10/h3-8H,9H2,1-2H3. The first-order chi connectivity index (χ1) is 9.80. The molecule has 2 rings (SSSR count). The first-order valence-corrected chi connectivity index (χ1v) is 6.19. The van der Waals surface area contributed by atoms with Crippen molar-refractivity contribution in [1.29, 1.82) is 0 Å². The second-order valence-electron chi connectivity index (χ2n) is 4.75. The molecule has 0 atom stereocenters. The fraction of sp³-hybridized carbons (Fsp3) is 0.286. The molecule has 0 N–H and O–H groups in total. The van der Waals surface area contributed by atoms with E-state index in [0.29, 0.717) is 5.56 Å². The summed E-state index contributed by atoms with van der Waals surface area (Å²) in [5.41, 5.74) is -0.788. The van der Waals surface area contributed by atoms with Gasteiger partial charge in [-0.15, -0.1) is 0 Å². The molecule has 1 amide bonds. The predicted molar refractivity (Wildman–Crippen MR) is 70.8 cm³/mol. The molecule has 21 heavy (non-hydrogen) atoms. The van der Waals surface area contributed by atoms with Crippen LogP contribution in [-0.4, -0.2) is 34.7 Å². The number of benzene rings is 1. The molecule has 112 valence electrons. The molecule has 0 radical (unpaired) electrons. The quantitative estimate of drug-likeness (QED) is 0.873. The molecule has 7 heteroatoms. The highest BCUT2D eigenvalue weighted by Gasteiger charge is 2.40. The number of halogens is 3. The summed E-state index contributed by atoms with van der Waals surface area (Å²) in [7, 11) is 2.80. The minimum Gasteiger partial charge on any atom is -0.345 e. The number of carbonyl (C=O) groups excluding carboxylic acids is 1. The zero-order chi connectivity index (χ0) is 15.6. The van der Waals surface area contributed by atoms with E-state index in [1.807, 2.05) is 0 Å². The number of aromatic nitrogens is 2. The van der Waals surface area contributed by atoms with Gasteiger partial charge in [-0.3, -0.25) is 9.48 Å². The van der Waals surface area contributed by atoms with Crippen LogP contribution >= 0.6 is 0 Å². The average molecular weight is 297 g/mol. The molecule has 0 aliphatic rings. The number of hydrogen-bond acceptors (Lipinski definition) is 2. The summed E-state index contributed by atoms with van der Waals surface area (Å²) < 4.78 is 40.5. The third-order valence-electron chi connectivity index (χ3n) is 2.92. The van der Waals surface area contributed by atoms with Gasteiger partial charge in [0.15, 0.2) is 5.69 Å². The smallest absolute Gasteiger partial charge is 0.345 e. The number of hydrogen-bond donors (Lipinski definition) is 0. The van der Waals surface area contributed by atoms with Gasteiger partial charge in [0, 0.05) is 14.1 Å². The fourth-order valence-corrected chi connectivity index (χ4v) is 1.96. The zero-order valence-corrected chi connectivity index (χ0v) is 11.6. The van der Waals surface area contributed by atoms with Crippen LogP contribution in [0.5, 0.6) is 0 Å². The second-order valence-corrected chi connectivity index (χ2v) is 4.75. The Morgan fingerprint density at radius 3 is 2.38 bits per heavy atom. The summed E-state index contributed by atoms with van der Waals surface area (Å²) in [5, 5.41) is 3.73. The van der Waals surface area contributed by atoms with Crippen LogP contribution in [0.1, 0.15) is 21.6 Å². The third kappa shape index (κ3) is 3.24. The minimum absolute atomic E-state index is 0.0452. The lowest BCUT2D eigenvalue weighted by Gasteiger charge is -2.14. The Balaban J connectivity index is 2.45. The van der Waals surface area contributed by atoms with E-state index in [0.717, 1.165) is 15.8 Å². The Labute approximate surface area is 119 Å². The van der Waals surface area contributed by atoms with Gasteiger partial charge in [-0.05, 0) is 5.56 Å². The Morgan fingerprint density at radius 2 is 1.86 bits per heavy atom. The van der Waals surface area contributed by atoms with Crippen molar-refractivity contribution in [2.45, 2.75) is 12.7 Å². The average Bonchev–Trinajstić information content (AvgIpc) is 2.82. The maximum atomic E-state index is 13.2. The summed E-state index contributed by atoms with van der Waals surface area (Å²) in [5.74, 6) is -0.721. The van der Waals surface area contributed by atoms with Gasteiger partial charge in [0.25, 0.3) is 5.91 Å². The van der Waals surface area contributed by atoms with Gasteiger partial charge in [-0.1, -0.05) is 30.3 Å². The molecule has 0 saturated heterocycles. The second kappa shape index (κ2) is 5.59. The first kappa shape index (κ1) is 15.1. The Morgan fingerprint density at radius 1 is 1.24 bits per heavy atom. The van der Waals surface area contributed by atoms with Gasteiger partial charge in [-0.25, -0.2) is 0 Å². The maximum absolute atomic E-state index is 13.2. The summed E-state index contributed by atoms with van der Waals surface area (Å²) in [6.07, 6.45) is -3.68. The van der Waals surface area contributed by atoms with Crippen LogP contribution < -0.4 is 0 Å². The maximum Gasteiger partial charge on any atom is 0.433 e. The molecule has 1 aromatic heterocycles. The SMILES string of the molecule is CN(C)C(=O)c1cnn(Cc2ccccc2)c1C(F)(F)F. The summed E-state index contributed by atoms with van der Waals surface area (Å²) in [6.45, 7) is -0.0452. The highest BCUT2D eigenvalue weighted by Crippen LogP contribution is 2.32. The number of carbonyl (C=O) groups is 1. The van der Waals surface area contributed by atoms with Crippen molar-refractivity contribution in [2.24, 2.45) is 0 Å². The lowest BCUT2D eigenvalue weighted by Crippen LogP contribution is -2.26. The first-order valence-electron chi connectivity index (χ1n) is 6.19. The lowest BCUT2D eigenvalue weighted by molar-refractivity contribution is -0.144. The van der Waals surface area contributed by atoms with Crippen LogP contribution in [0.25, 0.3) is 0 Å². The van der Waals surface area contributed by atoms with Crippen molar-refractivity contribution in [3.05, 3.63) is 53.3 Å². The highest BCUT2D eigenvalue weighted by molar-refractivity contribution is 5.95. The van der Waals surface area contributed by atoms with Crippen LogP contribution in [0.3, 0.4) is 0 Å². The van der Waals surface area contributed by atoms with Crippen molar-refractivity contribution in [2.75, 3.05) is 14.1 Å². The molecule has 0 bridgehead atoms. The Hall–Kier alpha value is -2.31. The van der Waals surface area contributed by atoms with E-state index in [-0.39, 0.29) is 6.54 Å².